The lowest BCUT2D eigenvalue weighted by Gasteiger charge is -2.31. The van der Waals surface area contributed by atoms with Gasteiger partial charge in [-0.3, -0.25) is 9.69 Å². The number of piperidine rings is 1. The Morgan fingerprint density at radius 1 is 1.11 bits per heavy atom. The van der Waals surface area contributed by atoms with Gasteiger partial charge < -0.3 is 5.32 Å². The number of thioether (sulfide) groups is 1. The van der Waals surface area contributed by atoms with Gasteiger partial charge in [0.25, 0.3) is 0 Å². The minimum Gasteiger partial charge on any atom is -0.355 e. The van der Waals surface area contributed by atoms with Crippen LogP contribution in [0.4, 0.5) is 0 Å². The van der Waals surface area contributed by atoms with E-state index in [0.717, 1.165) is 49.8 Å². The summed E-state index contributed by atoms with van der Waals surface area (Å²) in [5.74, 6) is 1.27. The average molecular weight is 403 g/mol. The molecule has 0 aromatic heterocycles. The minimum absolute atomic E-state index is 0.149. The van der Waals surface area contributed by atoms with Crippen molar-refractivity contribution in [3.8, 4) is 0 Å². The molecule has 1 fully saturated rings. The third kappa shape index (κ3) is 6.56. The summed E-state index contributed by atoms with van der Waals surface area (Å²) in [4.78, 5) is 16.1. The summed E-state index contributed by atoms with van der Waals surface area (Å²) in [5.41, 5.74) is 2.55. The van der Waals surface area contributed by atoms with Crippen LogP contribution in [0.15, 0.2) is 53.4 Å². The molecule has 144 valence electrons. The minimum atomic E-state index is 0.149. The first kappa shape index (κ1) is 20.2. The summed E-state index contributed by atoms with van der Waals surface area (Å²) in [6.45, 7) is 5.69. The molecule has 1 N–H and O–H groups in total. The molecule has 1 saturated heterocycles. The van der Waals surface area contributed by atoms with Crippen LogP contribution >= 0.6 is 23.4 Å². The van der Waals surface area contributed by atoms with Crippen LogP contribution in [-0.2, 0) is 11.3 Å². The van der Waals surface area contributed by atoms with Crippen LogP contribution in [0.5, 0.6) is 0 Å². The Morgan fingerprint density at radius 2 is 1.78 bits per heavy atom. The highest BCUT2D eigenvalue weighted by atomic mass is 35.5. The van der Waals surface area contributed by atoms with E-state index in [-0.39, 0.29) is 11.8 Å². The van der Waals surface area contributed by atoms with Crippen molar-refractivity contribution in [3.05, 3.63) is 64.7 Å². The van der Waals surface area contributed by atoms with Gasteiger partial charge in [0.2, 0.25) is 5.91 Å². The van der Waals surface area contributed by atoms with Crippen LogP contribution in [0, 0.1) is 12.8 Å². The van der Waals surface area contributed by atoms with E-state index in [2.05, 4.69) is 53.5 Å². The van der Waals surface area contributed by atoms with Crippen molar-refractivity contribution >= 4 is 29.3 Å². The molecule has 2 aromatic rings. The number of nitrogens with one attached hydrogen (secondary N) is 1. The Morgan fingerprint density at radius 3 is 2.44 bits per heavy atom. The van der Waals surface area contributed by atoms with Crippen molar-refractivity contribution in [1.29, 1.82) is 0 Å². The van der Waals surface area contributed by atoms with Crippen molar-refractivity contribution < 1.29 is 4.79 Å². The van der Waals surface area contributed by atoms with E-state index in [1.165, 1.54) is 16.0 Å². The largest absolute Gasteiger partial charge is 0.355 e. The number of carbonyl (C=O) groups excluding carboxylic acids is 1. The normalized spacial score (nSPS) is 15.6. The molecular weight excluding hydrogens is 376 g/mol. The zero-order chi connectivity index (χ0) is 19.1. The molecule has 0 saturated carbocycles. The fourth-order valence-electron chi connectivity index (χ4n) is 3.32. The Bertz CT molecular complexity index is 725. The number of likely N-dealkylation sites (tertiary alicyclic amines) is 1. The molecule has 5 heteroatoms. The molecule has 0 unspecified atom stereocenters. The highest BCUT2D eigenvalue weighted by Gasteiger charge is 2.24. The van der Waals surface area contributed by atoms with E-state index >= 15 is 0 Å². The Hall–Kier alpha value is -1.49. The summed E-state index contributed by atoms with van der Waals surface area (Å²) in [7, 11) is 0. The fourth-order valence-corrected chi connectivity index (χ4v) is 4.22. The third-order valence-corrected chi connectivity index (χ3v) is 6.23. The molecule has 0 spiro atoms. The predicted octanol–water partition coefficient (Wildman–Crippen LogP) is 4.77. The molecule has 3 nitrogen and oxygen atoms in total. The Balaban J connectivity index is 1.33. The van der Waals surface area contributed by atoms with Crippen molar-refractivity contribution in [2.75, 3.05) is 25.4 Å². The smallest absolute Gasteiger partial charge is 0.223 e. The number of benzene rings is 2. The first-order chi connectivity index (χ1) is 13.1. The van der Waals surface area contributed by atoms with Crippen LogP contribution in [0.25, 0.3) is 0 Å². The van der Waals surface area contributed by atoms with Gasteiger partial charge in [0.1, 0.15) is 0 Å². The van der Waals surface area contributed by atoms with E-state index in [0.29, 0.717) is 0 Å². The van der Waals surface area contributed by atoms with Crippen LogP contribution in [0.3, 0.4) is 0 Å². The first-order valence-electron chi connectivity index (χ1n) is 9.54. The van der Waals surface area contributed by atoms with Gasteiger partial charge in [-0.05, 0) is 62.7 Å². The number of hydrogen-bond acceptors (Lipinski definition) is 3. The quantitative estimate of drug-likeness (QED) is 0.534. The second-order valence-corrected chi connectivity index (χ2v) is 8.73. The van der Waals surface area contributed by atoms with Gasteiger partial charge in [-0.15, -0.1) is 11.8 Å². The lowest BCUT2D eigenvalue weighted by Crippen LogP contribution is -2.40. The average Bonchev–Trinajstić information content (AvgIpc) is 2.69. The van der Waals surface area contributed by atoms with E-state index < -0.39 is 0 Å². The molecule has 27 heavy (non-hydrogen) atoms. The summed E-state index contributed by atoms with van der Waals surface area (Å²) in [6, 6.07) is 16.5. The van der Waals surface area contributed by atoms with Crippen molar-refractivity contribution in [2.45, 2.75) is 31.2 Å². The van der Waals surface area contributed by atoms with E-state index in [4.69, 9.17) is 11.6 Å². The van der Waals surface area contributed by atoms with Crippen LogP contribution < -0.4 is 5.32 Å². The van der Waals surface area contributed by atoms with Gasteiger partial charge in [0, 0.05) is 34.7 Å². The van der Waals surface area contributed by atoms with Gasteiger partial charge in [-0.2, -0.15) is 0 Å². The number of rotatable bonds is 7. The molecule has 1 aliphatic heterocycles. The van der Waals surface area contributed by atoms with Gasteiger partial charge >= 0.3 is 0 Å². The number of amides is 1. The molecule has 3 rings (SSSR count). The fraction of sp³-hybridized carbons (Fsp3) is 0.409. The number of carbonyl (C=O) groups is 1. The summed E-state index contributed by atoms with van der Waals surface area (Å²) in [6.07, 6.45) is 1.87. The van der Waals surface area contributed by atoms with Crippen LogP contribution in [0.2, 0.25) is 5.02 Å². The van der Waals surface area contributed by atoms with Gasteiger partial charge in [0.15, 0.2) is 0 Å². The first-order valence-corrected chi connectivity index (χ1v) is 10.9. The topological polar surface area (TPSA) is 32.3 Å². The Labute approximate surface area is 171 Å². The summed E-state index contributed by atoms with van der Waals surface area (Å²) >= 11 is 7.73. The number of aryl methyl sites for hydroxylation is 1. The molecule has 1 heterocycles. The second-order valence-electron chi connectivity index (χ2n) is 7.13. The van der Waals surface area contributed by atoms with Crippen molar-refractivity contribution in [2.24, 2.45) is 5.92 Å². The van der Waals surface area contributed by atoms with Gasteiger partial charge in [0.05, 0.1) is 0 Å². The lowest BCUT2D eigenvalue weighted by atomic mass is 9.95. The second kappa shape index (κ2) is 10.2. The van der Waals surface area contributed by atoms with Crippen LogP contribution in [-0.4, -0.2) is 36.2 Å². The summed E-state index contributed by atoms with van der Waals surface area (Å²) < 4.78 is 0. The Kier molecular flexibility index (Phi) is 7.62. The molecule has 2 aromatic carbocycles. The number of halogens is 1. The molecule has 1 aliphatic rings. The van der Waals surface area contributed by atoms with Crippen molar-refractivity contribution in [1.82, 2.24) is 10.2 Å². The summed E-state index contributed by atoms with van der Waals surface area (Å²) in [5, 5.41) is 3.88. The zero-order valence-electron chi connectivity index (χ0n) is 15.8. The highest BCUT2D eigenvalue weighted by Crippen LogP contribution is 2.21. The standard InChI is InChI=1S/C22H27ClN2OS/c1-17-2-8-21(9-3-17)27-15-12-24-22(26)19-10-13-25(14-11-19)16-18-4-6-20(23)7-5-18/h2-9,19H,10-16H2,1H3,(H,24,26). The molecule has 1 amide bonds. The molecule has 0 radical (unpaired) electrons. The van der Waals surface area contributed by atoms with E-state index in [1.807, 2.05) is 12.1 Å². The number of hydrogen-bond donors (Lipinski definition) is 1. The van der Waals surface area contributed by atoms with E-state index in [1.54, 1.807) is 11.8 Å². The monoisotopic (exact) mass is 402 g/mol. The van der Waals surface area contributed by atoms with Gasteiger partial charge in [-0.1, -0.05) is 41.4 Å². The SMILES string of the molecule is Cc1ccc(SCCNC(=O)C2CCN(Cc3ccc(Cl)cc3)CC2)cc1. The predicted molar refractivity (Wildman–Crippen MR) is 114 cm³/mol. The maximum absolute atomic E-state index is 12.4. The van der Waals surface area contributed by atoms with Gasteiger partial charge in [-0.25, -0.2) is 0 Å². The zero-order valence-corrected chi connectivity index (χ0v) is 17.4. The van der Waals surface area contributed by atoms with Crippen molar-refractivity contribution in [3.63, 3.8) is 0 Å². The molecule has 0 bridgehead atoms. The molecular formula is C22H27ClN2OS. The van der Waals surface area contributed by atoms with Crippen LogP contribution in [0.1, 0.15) is 24.0 Å². The molecule has 0 atom stereocenters. The molecule has 0 aliphatic carbocycles. The highest BCUT2D eigenvalue weighted by molar-refractivity contribution is 7.99. The maximum Gasteiger partial charge on any atom is 0.223 e. The van der Waals surface area contributed by atoms with E-state index in [9.17, 15) is 4.79 Å². The number of nitrogens with zero attached hydrogens (tertiary/aromatic N) is 1. The third-order valence-electron chi connectivity index (χ3n) is 4.97. The lowest BCUT2D eigenvalue weighted by molar-refractivity contribution is -0.126. The maximum atomic E-state index is 12.4.